The highest BCUT2D eigenvalue weighted by atomic mass is 79.9. The minimum atomic E-state index is 0.988. The third-order valence-electron chi connectivity index (χ3n) is 5.12. The summed E-state index contributed by atoms with van der Waals surface area (Å²) in [5.41, 5.74) is 3.80. The number of piperidine rings is 1. The number of halogens is 1. The van der Waals surface area contributed by atoms with Crippen LogP contribution in [0.15, 0.2) is 28.7 Å². The fraction of sp³-hybridized carbons (Fsp3) is 0.526. The van der Waals surface area contributed by atoms with Crippen LogP contribution in [0.4, 0.5) is 5.82 Å². The van der Waals surface area contributed by atoms with Gasteiger partial charge in [0.05, 0.1) is 11.4 Å². The monoisotopic (exact) mass is 388 g/mol. The minimum Gasteiger partial charge on any atom is -0.370 e. The van der Waals surface area contributed by atoms with Gasteiger partial charge in [-0.2, -0.15) is 5.10 Å². The normalized spacial score (nSPS) is 18.7. The number of aromatic nitrogens is 2. The van der Waals surface area contributed by atoms with Crippen LogP contribution in [0.1, 0.15) is 43.4 Å². The number of benzene rings is 1. The second-order valence-corrected chi connectivity index (χ2v) is 7.71. The molecule has 2 aliphatic heterocycles. The number of hydrogen-bond donors (Lipinski definition) is 1. The Kier molecular flexibility index (Phi) is 4.90. The summed E-state index contributed by atoms with van der Waals surface area (Å²) in [4.78, 5) is 2.57. The first-order valence-corrected chi connectivity index (χ1v) is 9.94. The molecule has 0 bridgehead atoms. The first kappa shape index (κ1) is 16.2. The first-order chi connectivity index (χ1) is 11.8. The van der Waals surface area contributed by atoms with E-state index >= 15 is 0 Å². The van der Waals surface area contributed by atoms with Gasteiger partial charge in [0.1, 0.15) is 5.82 Å². The van der Waals surface area contributed by atoms with Crippen molar-refractivity contribution in [3.8, 4) is 5.69 Å². The summed E-state index contributed by atoms with van der Waals surface area (Å²) < 4.78 is 3.20. The van der Waals surface area contributed by atoms with E-state index in [0.29, 0.717) is 0 Å². The fourth-order valence-electron chi connectivity index (χ4n) is 3.83. The smallest absolute Gasteiger partial charge is 0.133 e. The molecule has 24 heavy (non-hydrogen) atoms. The summed E-state index contributed by atoms with van der Waals surface area (Å²) in [7, 11) is 0. The van der Waals surface area contributed by atoms with Gasteiger partial charge in [0, 0.05) is 23.1 Å². The van der Waals surface area contributed by atoms with E-state index in [1.165, 1.54) is 62.3 Å². The van der Waals surface area contributed by atoms with Gasteiger partial charge in [-0.1, -0.05) is 18.6 Å². The van der Waals surface area contributed by atoms with E-state index in [4.69, 9.17) is 5.10 Å². The molecule has 1 saturated heterocycles. The Labute approximate surface area is 152 Å². The van der Waals surface area contributed by atoms with Crippen molar-refractivity contribution in [2.24, 2.45) is 0 Å². The van der Waals surface area contributed by atoms with E-state index in [-0.39, 0.29) is 0 Å². The van der Waals surface area contributed by atoms with Gasteiger partial charge in [-0.05, 0) is 73.3 Å². The molecule has 0 radical (unpaired) electrons. The summed E-state index contributed by atoms with van der Waals surface area (Å²) in [6.07, 6.45) is 7.64. The van der Waals surface area contributed by atoms with Crippen molar-refractivity contribution in [1.82, 2.24) is 14.7 Å². The molecule has 1 aromatic heterocycles. The van der Waals surface area contributed by atoms with Crippen molar-refractivity contribution < 1.29 is 0 Å². The van der Waals surface area contributed by atoms with Crippen LogP contribution in [0.2, 0.25) is 0 Å². The number of anilines is 1. The van der Waals surface area contributed by atoms with Gasteiger partial charge < -0.3 is 5.32 Å². The zero-order valence-corrected chi connectivity index (χ0v) is 15.7. The highest BCUT2D eigenvalue weighted by Gasteiger charge is 2.23. The van der Waals surface area contributed by atoms with Gasteiger partial charge in [0.25, 0.3) is 0 Å². The van der Waals surface area contributed by atoms with Crippen LogP contribution >= 0.6 is 15.9 Å². The van der Waals surface area contributed by atoms with E-state index in [0.717, 1.165) is 29.7 Å². The Morgan fingerprint density at radius 2 is 1.88 bits per heavy atom. The van der Waals surface area contributed by atoms with Crippen LogP contribution < -0.4 is 5.32 Å². The molecule has 0 atom stereocenters. The van der Waals surface area contributed by atoms with Gasteiger partial charge in [-0.25, -0.2) is 4.68 Å². The van der Waals surface area contributed by atoms with Crippen LogP contribution in [0.5, 0.6) is 0 Å². The van der Waals surface area contributed by atoms with Crippen LogP contribution in [0.25, 0.3) is 5.69 Å². The molecular weight excluding hydrogens is 364 g/mol. The number of fused-ring (bicyclic) bond motifs is 1. The van der Waals surface area contributed by atoms with Gasteiger partial charge in [0.15, 0.2) is 0 Å². The maximum atomic E-state index is 5.04. The molecule has 2 aromatic rings. The number of rotatable bonds is 3. The Balaban J connectivity index is 1.72. The van der Waals surface area contributed by atoms with Gasteiger partial charge in [-0.15, -0.1) is 0 Å². The molecule has 0 aliphatic carbocycles. The van der Waals surface area contributed by atoms with Crippen LogP contribution in [0, 0.1) is 0 Å². The topological polar surface area (TPSA) is 33.1 Å². The fourth-order valence-corrected chi connectivity index (χ4v) is 4.28. The highest BCUT2D eigenvalue weighted by molar-refractivity contribution is 9.10. The molecule has 4 nitrogen and oxygen atoms in total. The molecule has 128 valence electrons. The van der Waals surface area contributed by atoms with Crippen molar-refractivity contribution in [1.29, 1.82) is 0 Å². The number of nitrogens with one attached hydrogen (secondary N) is 1. The molecule has 4 rings (SSSR count). The van der Waals surface area contributed by atoms with Gasteiger partial charge in [-0.3, -0.25) is 4.90 Å². The van der Waals surface area contributed by atoms with E-state index in [2.05, 4.69) is 55.1 Å². The lowest BCUT2D eigenvalue weighted by atomic mass is 10.1. The van der Waals surface area contributed by atoms with Crippen LogP contribution in [0.3, 0.4) is 0 Å². The molecule has 2 aliphatic rings. The highest BCUT2D eigenvalue weighted by Crippen LogP contribution is 2.31. The number of para-hydroxylation sites is 1. The Morgan fingerprint density at radius 3 is 2.71 bits per heavy atom. The Morgan fingerprint density at radius 1 is 1.04 bits per heavy atom. The molecule has 0 spiro atoms. The largest absolute Gasteiger partial charge is 0.370 e. The Hall–Kier alpha value is -1.33. The maximum Gasteiger partial charge on any atom is 0.133 e. The number of nitrogens with zero attached hydrogens (tertiary/aromatic N) is 3. The third kappa shape index (κ3) is 3.24. The second kappa shape index (κ2) is 7.28. The van der Waals surface area contributed by atoms with E-state index in [1.54, 1.807) is 0 Å². The predicted octanol–water partition coefficient (Wildman–Crippen LogP) is 4.37. The van der Waals surface area contributed by atoms with Crippen LogP contribution in [-0.2, 0) is 13.0 Å². The summed E-state index contributed by atoms with van der Waals surface area (Å²) in [5.74, 6) is 1.20. The molecule has 0 unspecified atom stereocenters. The van der Waals surface area contributed by atoms with Crippen molar-refractivity contribution in [3.63, 3.8) is 0 Å². The summed E-state index contributed by atoms with van der Waals surface area (Å²) in [6.45, 7) is 4.45. The average molecular weight is 389 g/mol. The first-order valence-electron chi connectivity index (χ1n) is 9.15. The van der Waals surface area contributed by atoms with E-state index in [1.807, 2.05) is 0 Å². The Bertz CT molecular complexity index is 703. The number of hydrogen-bond acceptors (Lipinski definition) is 3. The quantitative estimate of drug-likeness (QED) is 0.847. The number of likely N-dealkylation sites (tertiary alicyclic amines) is 1. The second-order valence-electron chi connectivity index (χ2n) is 6.86. The molecule has 1 N–H and O–H groups in total. The molecule has 3 heterocycles. The molecule has 1 aromatic carbocycles. The maximum absolute atomic E-state index is 5.04. The van der Waals surface area contributed by atoms with Gasteiger partial charge in [0.2, 0.25) is 0 Å². The standard InChI is InChI=1S/C19H25BrN4/c20-16-9-2-3-10-18(16)24-19-15(8-4-5-11-21-19)17(22-24)14-23-12-6-1-7-13-23/h2-3,9-10,21H,1,4-8,11-14H2. The molecule has 1 fully saturated rings. The van der Waals surface area contributed by atoms with E-state index in [9.17, 15) is 0 Å². The summed E-state index contributed by atoms with van der Waals surface area (Å²) in [5, 5.41) is 8.68. The third-order valence-corrected chi connectivity index (χ3v) is 5.79. The summed E-state index contributed by atoms with van der Waals surface area (Å²) in [6, 6.07) is 8.35. The summed E-state index contributed by atoms with van der Waals surface area (Å²) >= 11 is 3.69. The van der Waals surface area contributed by atoms with Crippen molar-refractivity contribution in [3.05, 3.63) is 40.0 Å². The molecule has 0 saturated carbocycles. The molecule has 0 amide bonds. The van der Waals surface area contributed by atoms with Crippen molar-refractivity contribution in [2.45, 2.75) is 45.1 Å². The van der Waals surface area contributed by atoms with E-state index < -0.39 is 0 Å². The van der Waals surface area contributed by atoms with Crippen molar-refractivity contribution >= 4 is 21.7 Å². The molecule has 5 heteroatoms. The van der Waals surface area contributed by atoms with Gasteiger partial charge >= 0.3 is 0 Å². The lowest BCUT2D eigenvalue weighted by Crippen LogP contribution is -2.29. The zero-order valence-electron chi connectivity index (χ0n) is 14.1. The predicted molar refractivity (Wildman–Crippen MR) is 102 cm³/mol. The average Bonchev–Trinajstić information content (AvgIpc) is 2.79. The van der Waals surface area contributed by atoms with Crippen molar-refractivity contribution in [2.75, 3.05) is 25.0 Å². The lowest BCUT2D eigenvalue weighted by Gasteiger charge is -2.25. The van der Waals surface area contributed by atoms with Crippen LogP contribution in [-0.4, -0.2) is 34.3 Å². The molecular formula is C19H25BrN4. The lowest BCUT2D eigenvalue weighted by molar-refractivity contribution is 0.217. The zero-order chi connectivity index (χ0) is 16.4. The minimum absolute atomic E-state index is 0.988. The SMILES string of the molecule is Brc1ccccc1-n1nc(CN2CCCCC2)c2c1NCCCC2.